The number of esters is 1. The van der Waals surface area contributed by atoms with Crippen LogP contribution in [0.2, 0.25) is 5.28 Å². The Kier molecular flexibility index (Phi) is 19.7. The van der Waals surface area contributed by atoms with Crippen molar-refractivity contribution in [3.8, 4) is 17.2 Å². The molecule has 0 saturated heterocycles. The first-order chi connectivity index (χ1) is 28.0. The average Bonchev–Trinajstić information content (AvgIpc) is 3.15. The maximum atomic E-state index is 13.1. The lowest BCUT2D eigenvalue weighted by molar-refractivity contribution is -0.148. The number of carboxylic acid groups (broad SMARTS) is 1. The van der Waals surface area contributed by atoms with Crippen LogP contribution in [0.1, 0.15) is 51.4 Å². The highest BCUT2D eigenvalue weighted by atomic mass is 35.5. The van der Waals surface area contributed by atoms with Gasteiger partial charge in [0.15, 0.2) is 6.10 Å². The zero-order valence-corrected chi connectivity index (χ0v) is 35.3. The molecule has 4 aromatic rings. The van der Waals surface area contributed by atoms with Gasteiger partial charge < -0.3 is 39.7 Å². The van der Waals surface area contributed by atoms with E-state index in [0.29, 0.717) is 44.2 Å². The van der Waals surface area contributed by atoms with Gasteiger partial charge in [0, 0.05) is 31.3 Å². The summed E-state index contributed by atoms with van der Waals surface area (Å²) in [6.45, 7) is 9.92. The van der Waals surface area contributed by atoms with Gasteiger partial charge in [-0.2, -0.15) is 28.1 Å². The molecule has 1 unspecified atom stereocenters. The van der Waals surface area contributed by atoms with Gasteiger partial charge in [0.05, 0.1) is 25.6 Å². The molecule has 330 valence electrons. The Hall–Kier alpha value is -5.54. The Morgan fingerprint density at radius 2 is 1.62 bits per heavy atom. The second-order valence-corrected chi connectivity index (χ2v) is 14.6. The minimum atomic E-state index is -4.84. The maximum Gasteiger partial charge on any atom is 0.431 e. The van der Waals surface area contributed by atoms with E-state index < -0.39 is 61.6 Å². The average molecular weight is 891 g/mol. The number of aryl methyl sites for hydroxylation is 1. The van der Waals surface area contributed by atoms with Crippen molar-refractivity contribution >= 4 is 43.0 Å². The standard InChI is InChI=1S/C25H25F3N2O6.C8H14ClN5.C3H8NO5P/c1-5-16-6-7-17(20(12-16)36-15(2)23(32)34-4)14-35-19-10-8-18(9-11-19)30-22(31)13-21(25(26,27)28)29(3)24(30)33;1-4-10-7-12-6(9)13-8(14-7)11-5(2)3;5-3(6)1-4-2-10(7,8)9/h6-13,15H,5,14H2,1-4H3;5H,4H2,1-3H3,(H2,10,11,12,13,14);4H,1-2H2,(H,5,6)(H2,7,8,9). The van der Waals surface area contributed by atoms with Crippen LogP contribution in [0.3, 0.4) is 0 Å². The number of methoxy groups -OCH3 is 1. The van der Waals surface area contributed by atoms with Gasteiger partial charge in [-0.15, -0.1) is 0 Å². The van der Waals surface area contributed by atoms with Crippen molar-refractivity contribution in [1.29, 1.82) is 0 Å². The van der Waals surface area contributed by atoms with Crippen molar-refractivity contribution in [3.05, 3.63) is 91.5 Å². The van der Waals surface area contributed by atoms with E-state index >= 15 is 0 Å². The summed E-state index contributed by atoms with van der Waals surface area (Å²) < 4.78 is 66.5. The number of halogens is 4. The van der Waals surface area contributed by atoms with E-state index in [0.717, 1.165) is 25.6 Å². The molecule has 1 atom stereocenters. The number of carbonyl (C=O) groups excluding carboxylic acids is 1. The third kappa shape index (κ3) is 17.0. The minimum absolute atomic E-state index is 0.0779. The summed E-state index contributed by atoms with van der Waals surface area (Å²) >= 11 is 5.73. The molecule has 0 saturated carbocycles. The van der Waals surface area contributed by atoms with E-state index in [2.05, 4.69) is 30.9 Å². The summed E-state index contributed by atoms with van der Waals surface area (Å²) in [5.41, 5.74) is -1.80. The Labute approximate surface area is 347 Å². The molecular formula is C36H47ClF3N8O11P. The number of carbonyl (C=O) groups is 2. The van der Waals surface area contributed by atoms with Crippen molar-refractivity contribution in [3.63, 3.8) is 0 Å². The highest BCUT2D eigenvalue weighted by molar-refractivity contribution is 7.51. The van der Waals surface area contributed by atoms with E-state index in [-0.39, 0.29) is 23.6 Å². The summed E-state index contributed by atoms with van der Waals surface area (Å²) in [6.07, 6.45) is -5.51. The molecule has 0 fully saturated rings. The number of nitrogens with zero attached hydrogens (tertiary/aromatic N) is 5. The molecule has 2 aromatic heterocycles. The number of ether oxygens (including phenoxy) is 3. The predicted molar refractivity (Wildman–Crippen MR) is 215 cm³/mol. The first kappa shape index (κ1) is 50.6. The Bertz CT molecular complexity index is 2220. The van der Waals surface area contributed by atoms with Crippen molar-refractivity contribution in [2.24, 2.45) is 7.05 Å². The fraction of sp³-hybridized carbons (Fsp3) is 0.417. The first-order valence-corrected chi connectivity index (χ1v) is 20.1. The van der Waals surface area contributed by atoms with Crippen LogP contribution in [-0.2, 0) is 45.1 Å². The Balaban J connectivity index is 0.000000420. The molecule has 6 N–H and O–H groups in total. The molecule has 4 rings (SSSR count). The fourth-order valence-corrected chi connectivity index (χ4v) is 5.22. The van der Waals surface area contributed by atoms with Gasteiger partial charge in [-0.1, -0.05) is 19.1 Å². The maximum absolute atomic E-state index is 13.1. The lowest BCUT2D eigenvalue weighted by Gasteiger charge is -2.17. The van der Waals surface area contributed by atoms with Crippen LogP contribution < -0.4 is 36.7 Å². The van der Waals surface area contributed by atoms with Crippen LogP contribution in [0.25, 0.3) is 5.69 Å². The van der Waals surface area contributed by atoms with E-state index in [9.17, 15) is 36.9 Å². The number of hydrogen-bond donors (Lipinski definition) is 6. The minimum Gasteiger partial charge on any atom is -0.489 e. The van der Waals surface area contributed by atoms with Gasteiger partial charge in [0.2, 0.25) is 17.2 Å². The summed E-state index contributed by atoms with van der Waals surface area (Å²) in [4.78, 5) is 74.6. The van der Waals surface area contributed by atoms with E-state index in [1.165, 1.54) is 31.4 Å². The Morgan fingerprint density at radius 3 is 2.15 bits per heavy atom. The molecule has 19 nitrogen and oxygen atoms in total. The smallest absolute Gasteiger partial charge is 0.431 e. The number of nitrogens with one attached hydrogen (secondary N) is 3. The Morgan fingerprint density at radius 1 is 0.983 bits per heavy atom. The third-order valence-corrected chi connectivity index (χ3v) is 8.24. The topological polar surface area (TPSA) is 258 Å². The second kappa shape index (κ2) is 23.3. The highest BCUT2D eigenvalue weighted by Gasteiger charge is 2.35. The molecule has 0 bridgehead atoms. The second-order valence-electron chi connectivity index (χ2n) is 12.6. The van der Waals surface area contributed by atoms with E-state index in [1.807, 2.05) is 45.9 Å². The van der Waals surface area contributed by atoms with E-state index in [4.69, 9.17) is 40.7 Å². The summed E-state index contributed by atoms with van der Waals surface area (Å²) in [6, 6.07) is 11.9. The SMILES string of the molecule is CCNc1nc(Cl)nc(NC(C)C)n1.CCc1ccc(COc2ccc(-n3c(=O)cc(C(F)(F)F)n(C)c3=O)cc2)c(OC(C)C(=O)OC)c1.O=C(O)CNCP(=O)(O)O. The van der Waals surface area contributed by atoms with Crippen LogP contribution in [0.4, 0.5) is 25.1 Å². The van der Waals surface area contributed by atoms with Gasteiger partial charge in [-0.25, -0.2) is 14.2 Å². The molecule has 0 aliphatic rings. The predicted octanol–water partition coefficient (Wildman–Crippen LogP) is 4.21. The van der Waals surface area contributed by atoms with Crippen LogP contribution in [0.5, 0.6) is 11.5 Å². The van der Waals surface area contributed by atoms with Crippen LogP contribution >= 0.6 is 19.2 Å². The number of hydrogen-bond acceptors (Lipinski definition) is 14. The van der Waals surface area contributed by atoms with Crippen LogP contribution in [0, 0.1) is 0 Å². The summed E-state index contributed by atoms with van der Waals surface area (Å²) in [7, 11) is -1.88. The zero-order chi connectivity index (χ0) is 45.4. The molecule has 2 aromatic carbocycles. The molecule has 0 radical (unpaired) electrons. The number of alkyl halides is 3. The molecule has 0 amide bonds. The van der Waals surface area contributed by atoms with Crippen LogP contribution in [-0.4, -0.2) is 89.5 Å². The van der Waals surface area contributed by atoms with Crippen molar-refractivity contribution < 1.29 is 56.4 Å². The number of carboxylic acids is 1. The molecule has 2 heterocycles. The normalized spacial score (nSPS) is 11.6. The molecule has 60 heavy (non-hydrogen) atoms. The van der Waals surface area contributed by atoms with Crippen molar-refractivity contribution in [1.82, 2.24) is 29.4 Å². The molecule has 24 heteroatoms. The third-order valence-electron chi connectivity index (χ3n) is 7.43. The molecule has 0 aliphatic carbocycles. The van der Waals surface area contributed by atoms with Gasteiger partial charge in [-0.05, 0) is 81.6 Å². The van der Waals surface area contributed by atoms with Gasteiger partial charge in [0.1, 0.15) is 23.8 Å². The van der Waals surface area contributed by atoms with E-state index in [1.54, 1.807) is 6.92 Å². The zero-order valence-electron chi connectivity index (χ0n) is 33.6. The lowest BCUT2D eigenvalue weighted by Crippen LogP contribution is -2.40. The lowest BCUT2D eigenvalue weighted by atomic mass is 10.1. The first-order valence-electron chi connectivity index (χ1n) is 17.9. The van der Waals surface area contributed by atoms with Crippen LogP contribution in [0.15, 0.2) is 58.1 Å². The molecule has 0 spiro atoms. The fourth-order valence-electron chi connectivity index (χ4n) is 4.66. The van der Waals surface area contributed by atoms with Crippen molar-refractivity contribution in [2.45, 2.75) is 66.0 Å². The molecular weight excluding hydrogens is 844 g/mol. The molecule has 0 aliphatic heterocycles. The summed E-state index contributed by atoms with van der Waals surface area (Å²) in [5.74, 6) is 0.162. The monoisotopic (exact) mass is 890 g/mol. The van der Waals surface area contributed by atoms with Gasteiger partial charge >= 0.3 is 31.4 Å². The van der Waals surface area contributed by atoms with Gasteiger partial charge in [-0.3, -0.25) is 24.0 Å². The number of rotatable bonds is 16. The summed E-state index contributed by atoms with van der Waals surface area (Å²) in [5, 5.41) is 16.3. The number of aromatic nitrogens is 5. The number of benzene rings is 2. The van der Waals surface area contributed by atoms with Gasteiger partial charge in [0.25, 0.3) is 5.56 Å². The van der Waals surface area contributed by atoms with Crippen molar-refractivity contribution in [2.75, 3.05) is 37.1 Å². The largest absolute Gasteiger partial charge is 0.489 e. The number of anilines is 2. The number of aliphatic carboxylic acids is 1. The quantitative estimate of drug-likeness (QED) is 0.0680. The highest BCUT2D eigenvalue weighted by Crippen LogP contribution is 2.32.